The van der Waals surface area contributed by atoms with Gasteiger partial charge in [-0.25, -0.2) is 4.79 Å². The molecule has 0 fully saturated rings. The van der Waals surface area contributed by atoms with Gasteiger partial charge in [0, 0.05) is 24.8 Å². The van der Waals surface area contributed by atoms with Crippen LogP contribution in [-0.2, 0) is 9.53 Å². The molecule has 0 unspecified atom stereocenters. The zero-order valence-electron chi connectivity index (χ0n) is 11.7. The summed E-state index contributed by atoms with van der Waals surface area (Å²) in [6, 6.07) is 5.23. The second kappa shape index (κ2) is 8.12. The van der Waals surface area contributed by atoms with Crippen molar-refractivity contribution in [2.75, 3.05) is 19.8 Å². The third-order valence-electron chi connectivity index (χ3n) is 2.66. The summed E-state index contributed by atoms with van der Waals surface area (Å²) in [4.78, 5) is 22.5. The molecule has 0 atom stereocenters. The lowest BCUT2D eigenvalue weighted by molar-refractivity contribution is -0.131. The van der Waals surface area contributed by atoms with Crippen LogP contribution in [0.1, 0.15) is 28.4 Å². The first kappa shape index (κ1) is 15.9. The van der Waals surface area contributed by atoms with Crippen molar-refractivity contribution >= 4 is 18.0 Å². The molecule has 0 heterocycles. The Kier molecular flexibility index (Phi) is 6.46. The summed E-state index contributed by atoms with van der Waals surface area (Å²) in [5.41, 5.74) is 2.05. The van der Waals surface area contributed by atoms with Crippen molar-refractivity contribution in [3.05, 3.63) is 41.0 Å². The van der Waals surface area contributed by atoms with Gasteiger partial charge in [0.05, 0.1) is 6.61 Å². The Morgan fingerprint density at radius 3 is 2.80 bits per heavy atom. The molecule has 0 aromatic heterocycles. The van der Waals surface area contributed by atoms with E-state index in [1.54, 1.807) is 18.2 Å². The van der Waals surface area contributed by atoms with Crippen molar-refractivity contribution in [3.8, 4) is 0 Å². The number of carboxylic acids is 1. The molecule has 0 saturated carbocycles. The fourth-order valence-corrected chi connectivity index (χ4v) is 1.63. The van der Waals surface area contributed by atoms with Crippen LogP contribution in [0, 0.1) is 6.92 Å². The Balaban J connectivity index is 2.75. The molecule has 0 aliphatic carbocycles. The topological polar surface area (TPSA) is 75.6 Å². The van der Waals surface area contributed by atoms with Crippen molar-refractivity contribution in [2.45, 2.75) is 13.8 Å². The van der Waals surface area contributed by atoms with Crippen molar-refractivity contribution in [2.24, 2.45) is 0 Å². The number of hydrogen-bond acceptors (Lipinski definition) is 3. The normalized spacial score (nSPS) is 10.7. The number of carboxylic acid groups (broad SMARTS) is 1. The van der Waals surface area contributed by atoms with Crippen LogP contribution in [0.3, 0.4) is 0 Å². The van der Waals surface area contributed by atoms with Gasteiger partial charge in [-0.1, -0.05) is 12.1 Å². The van der Waals surface area contributed by atoms with Crippen molar-refractivity contribution < 1.29 is 19.4 Å². The SMILES string of the molecule is CCOCCNC(=O)c1cc(C=CC(=O)O)ccc1C. The lowest BCUT2D eigenvalue weighted by Crippen LogP contribution is -2.27. The van der Waals surface area contributed by atoms with Gasteiger partial charge < -0.3 is 15.2 Å². The minimum Gasteiger partial charge on any atom is -0.478 e. The van der Waals surface area contributed by atoms with Gasteiger partial charge in [-0.15, -0.1) is 0 Å². The number of ether oxygens (including phenoxy) is 1. The van der Waals surface area contributed by atoms with E-state index in [-0.39, 0.29) is 5.91 Å². The number of amides is 1. The maximum atomic E-state index is 12.0. The zero-order chi connectivity index (χ0) is 15.0. The van der Waals surface area contributed by atoms with Gasteiger partial charge in [-0.2, -0.15) is 0 Å². The van der Waals surface area contributed by atoms with E-state index >= 15 is 0 Å². The van der Waals surface area contributed by atoms with E-state index in [9.17, 15) is 9.59 Å². The van der Waals surface area contributed by atoms with Crippen LogP contribution >= 0.6 is 0 Å². The van der Waals surface area contributed by atoms with Crippen molar-refractivity contribution in [1.29, 1.82) is 0 Å². The number of carbonyl (C=O) groups is 2. The molecule has 1 aromatic rings. The summed E-state index contributed by atoms with van der Waals surface area (Å²) in [6.07, 6.45) is 2.50. The molecule has 0 spiro atoms. The molecule has 20 heavy (non-hydrogen) atoms. The number of nitrogens with one attached hydrogen (secondary N) is 1. The first-order chi connectivity index (χ1) is 9.54. The van der Waals surface area contributed by atoms with Gasteiger partial charge in [-0.3, -0.25) is 4.79 Å². The number of rotatable bonds is 7. The Morgan fingerprint density at radius 1 is 1.40 bits per heavy atom. The highest BCUT2D eigenvalue weighted by Crippen LogP contribution is 2.12. The van der Waals surface area contributed by atoms with E-state index in [0.717, 1.165) is 11.6 Å². The van der Waals surface area contributed by atoms with Gasteiger partial charge in [0.1, 0.15) is 0 Å². The summed E-state index contributed by atoms with van der Waals surface area (Å²) in [6.45, 7) is 5.26. The van der Waals surface area contributed by atoms with Crippen LogP contribution in [-0.4, -0.2) is 36.7 Å². The van der Waals surface area contributed by atoms with E-state index in [4.69, 9.17) is 9.84 Å². The number of benzene rings is 1. The molecule has 108 valence electrons. The number of aliphatic carboxylic acids is 1. The summed E-state index contributed by atoms with van der Waals surface area (Å²) in [5.74, 6) is -1.21. The van der Waals surface area contributed by atoms with Crippen LogP contribution in [0.4, 0.5) is 0 Å². The van der Waals surface area contributed by atoms with E-state index in [1.807, 2.05) is 13.8 Å². The molecule has 1 amide bonds. The first-order valence-electron chi connectivity index (χ1n) is 6.42. The predicted octanol–water partition coefficient (Wildman–Crippen LogP) is 1.86. The largest absolute Gasteiger partial charge is 0.478 e. The second-order valence-corrected chi connectivity index (χ2v) is 4.20. The highest BCUT2D eigenvalue weighted by Gasteiger charge is 2.08. The minimum absolute atomic E-state index is 0.187. The minimum atomic E-state index is -1.02. The number of carbonyl (C=O) groups excluding carboxylic acids is 1. The van der Waals surface area contributed by atoms with Crippen LogP contribution in [0.5, 0.6) is 0 Å². The Hall–Kier alpha value is -2.14. The number of aryl methyl sites for hydroxylation is 1. The van der Waals surface area contributed by atoms with E-state index < -0.39 is 5.97 Å². The Morgan fingerprint density at radius 2 is 2.15 bits per heavy atom. The standard InChI is InChI=1S/C15H19NO4/c1-3-20-9-8-16-15(19)13-10-12(5-4-11(13)2)6-7-14(17)18/h4-7,10H,3,8-9H2,1-2H3,(H,16,19)(H,17,18). The van der Waals surface area contributed by atoms with Crippen LogP contribution < -0.4 is 5.32 Å². The summed E-state index contributed by atoms with van der Waals surface area (Å²) < 4.78 is 5.15. The van der Waals surface area contributed by atoms with E-state index in [1.165, 1.54) is 6.08 Å². The summed E-state index contributed by atoms with van der Waals surface area (Å²) >= 11 is 0. The molecule has 5 heteroatoms. The van der Waals surface area contributed by atoms with E-state index in [2.05, 4.69) is 5.32 Å². The lowest BCUT2D eigenvalue weighted by atomic mass is 10.0. The summed E-state index contributed by atoms with van der Waals surface area (Å²) in [7, 11) is 0. The zero-order valence-corrected chi connectivity index (χ0v) is 11.7. The molecular weight excluding hydrogens is 258 g/mol. The maximum Gasteiger partial charge on any atom is 0.328 e. The highest BCUT2D eigenvalue weighted by atomic mass is 16.5. The van der Waals surface area contributed by atoms with Crippen LogP contribution in [0.25, 0.3) is 6.08 Å². The Labute approximate surface area is 118 Å². The van der Waals surface area contributed by atoms with Gasteiger partial charge >= 0.3 is 5.97 Å². The van der Waals surface area contributed by atoms with Crippen molar-refractivity contribution in [3.63, 3.8) is 0 Å². The fourth-order valence-electron chi connectivity index (χ4n) is 1.63. The average Bonchev–Trinajstić information content (AvgIpc) is 2.42. The first-order valence-corrected chi connectivity index (χ1v) is 6.42. The smallest absolute Gasteiger partial charge is 0.328 e. The highest BCUT2D eigenvalue weighted by molar-refractivity contribution is 5.96. The predicted molar refractivity (Wildman–Crippen MR) is 76.7 cm³/mol. The summed E-state index contributed by atoms with van der Waals surface area (Å²) in [5, 5.41) is 11.4. The molecule has 5 nitrogen and oxygen atoms in total. The third kappa shape index (κ3) is 5.24. The molecule has 0 saturated heterocycles. The molecule has 1 aromatic carbocycles. The lowest BCUT2D eigenvalue weighted by Gasteiger charge is -2.08. The van der Waals surface area contributed by atoms with Gasteiger partial charge in [0.25, 0.3) is 5.91 Å². The molecule has 0 radical (unpaired) electrons. The molecule has 0 aliphatic rings. The molecule has 2 N–H and O–H groups in total. The molecule has 0 aliphatic heterocycles. The molecular formula is C15H19NO4. The molecule has 1 rings (SSSR count). The Bertz CT molecular complexity index is 509. The van der Waals surface area contributed by atoms with Crippen LogP contribution in [0.15, 0.2) is 24.3 Å². The fraction of sp³-hybridized carbons (Fsp3) is 0.333. The average molecular weight is 277 g/mol. The number of hydrogen-bond donors (Lipinski definition) is 2. The molecule has 0 bridgehead atoms. The second-order valence-electron chi connectivity index (χ2n) is 4.20. The van der Waals surface area contributed by atoms with Gasteiger partial charge in [0.2, 0.25) is 0 Å². The van der Waals surface area contributed by atoms with Crippen LogP contribution in [0.2, 0.25) is 0 Å². The monoisotopic (exact) mass is 277 g/mol. The maximum absolute atomic E-state index is 12.0. The third-order valence-corrected chi connectivity index (χ3v) is 2.66. The van der Waals surface area contributed by atoms with Gasteiger partial charge in [0.15, 0.2) is 0 Å². The quantitative estimate of drug-likeness (QED) is 0.589. The van der Waals surface area contributed by atoms with Gasteiger partial charge in [-0.05, 0) is 37.1 Å². The van der Waals surface area contributed by atoms with Crippen molar-refractivity contribution in [1.82, 2.24) is 5.32 Å². The van der Waals surface area contributed by atoms with E-state index in [0.29, 0.717) is 30.9 Å².